The van der Waals surface area contributed by atoms with Crippen molar-refractivity contribution in [1.82, 2.24) is 15.1 Å². The molecule has 0 saturated heterocycles. The van der Waals surface area contributed by atoms with Gasteiger partial charge in [-0.1, -0.05) is 29.4 Å². The minimum absolute atomic E-state index is 0.0381. The number of hydrogen-bond donors (Lipinski definition) is 1. The number of ether oxygens (including phenoxy) is 1. The van der Waals surface area contributed by atoms with Gasteiger partial charge in [0.05, 0.1) is 12.3 Å². The van der Waals surface area contributed by atoms with Crippen LogP contribution in [0.15, 0.2) is 28.8 Å². The minimum Gasteiger partial charge on any atom is -0.460 e. The van der Waals surface area contributed by atoms with Crippen LogP contribution in [-0.2, 0) is 11.2 Å². The molecule has 130 valence electrons. The molecule has 2 heterocycles. The van der Waals surface area contributed by atoms with Crippen LogP contribution in [0.25, 0.3) is 11.1 Å². The molecule has 3 aromatic rings. The van der Waals surface area contributed by atoms with Crippen LogP contribution in [0.1, 0.15) is 34.4 Å². The van der Waals surface area contributed by atoms with E-state index in [0.29, 0.717) is 23.4 Å². The van der Waals surface area contributed by atoms with Crippen molar-refractivity contribution in [3.05, 3.63) is 46.9 Å². The van der Waals surface area contributed by atoms with E-state index in [2.05, 4.69) is 39.5 Å². The summed E-state index contributed by atoms with van der Waals surface area (Å²) in [5, 5.41) is 7.86. The molecular weight excluding hydrogens is 320 g/mol. The summed E-state index contributed by atoms with van der Waals surface area (Å²) in [6.45, 7) is 6.54. The number of aromatic nitrogens is 3. The van der Waals surface area contributed by atoms with Crippen LogP contribution >= 0.6 is 0 Å². The largest absolute Gasteiger partial charge is 0.460 e. The Labute approximate surface area is 145 Å². The first-order valence-corrected chi connectivity index (χ1v) is 8.19. The van der Waals surface area contributed by atoms with Crippen molar-refractivity contribution < 1.29 is 14.1 Å². The highest BCUT2D eigenvalue weighted by Crippen LogP contribution is 2.24. The fourth-order valence-corrected chi connectivity index (χ4v) is 2.61. The van der Waals surface area contributed by atoms with Gasteiger partial charge in [-0.25, -0.2) is 9.78 Å². The van der Waals surface area contributed by atoms with Crippen LogP contribution in [0.5, 0.6) is 0 Å². The van der Waals surface area contributed by atoms with Crippen molar-refractivity contribution in [2.45, 2.75) is 27.2 Å². The summed E-state index contributed by atoms with van der Waals surface area (Å²) in [6.07, 6.45) is 0.831. The average molecular weight is 340 g/mol. The van der Waals surface area contributed by atoms with Crippen LogP contribution in [-0.4, -0.2) is 34.2 Å². The second kappa shape index (κ2) is 7.29. The van der Waals surface area contributed by atoms with Gasteiger partial charge in [-0.15, -0.1) is 0 Å². The molecular formula is C18H20N4O3. The number of anilines is 1. The highest BCUT2D eigenvalue weighted by molar-refractivity contribution is 5.93. The molecule has 0 aliphatic heterocycles. The van der Waals surface area contributed by atoms with Crippen molar-refractivity contribution in [2.24, 2.45) is 0 Å². The van der Waals surface area contributed by atoms with Gasteiger partial charge < -0.3 is 14.6 Å². The Hall–Kier alpha value is -2.96. The molecule has 0 aliphatic rings. The second-order valence-electron chi connectivity index (χ2n) is 5.67. The fraction of sp³-hybridized carbons (Fsp3) is 0.333. The van der Waals surface area contributed by atoms with E-state index in [-0.39, 0.29) is 18.1 Å². The van der Waals surface area contributed by atoms with Gasteiger partial charge in [0.2, 0.25) is 5.82 Å². The van der Waals surface area contributed by atoms with E-state index in [1.807, 2.05) is 19.1 Å². The lowest BCUT2D eigenvalue weighted by Crippen LogP contribution is -2.13. The Morgan fingerprint density at radius 1 is 1.24 bits per heavy atom. The predicted octanol–water partition coefficient (Wildman–Crippen LogP) is 3.07. The Morgan fingerprint density at radius 3 is 2.80 bits per heavy atom. The standard InChI is InChI=1S/C18H20N4O3/c1-4-24-18(23)16-20-15(14-12(3)22-25-17(14)21-16)19-10-9-13-8-6-5-7-11(13)2/h5-8H,4,9-10H2,1-3H3,(H,19,20,21). The maximum Gasteiger partial charge on any atom is 0.376 e. The van der Waals surface area contributed by atoms with Crippen LogP contribution in [0, 0.1) is 13.8 Å². The van der Waals surface area contributed by atoms with E-state index in [0.717, 1.165) is 6.42 Å². The van der Waals surface area contributed by atoms with Gasteiger partial charge in [0, 0.05) is 6.54 Å². The molecule has 0 fully saturated rings. The first-order chi connectivity index (χ1) is 12.1. The Kier molecular flexibility index (Phi) is 4.92. The lowest BCUT2D eigenvalue weighted by molar-refractivity contribution is 0.0512. The van der Waals surface area contributed by atoms with Crippen molar-refractivity contribution in [3.8, 4) is 0 Å². The number of rotatable bonds is 6. The number of aryl methyl sites for hydroxylation is 2. The third-order valence-electron chi connectivity index (χ3n) is 3.91. The van der Waals surface area contributed by atoms with Gasteiger partial charge >= 0.3 is 5.97 Å². The molecule has 7 heteroatoms. The molecule has 0 bridgehead atoms. The summed E-state index contributed by atoms with van der Waals surface area (Å²) in [4.78, 5) is 20.4. The zero-order valence-corrected chi connectivity index (χ0v) is 14.5. The summed E-state index contributed by atoms with van der Waals surface area (Å²) < 4.78 is 10.2. The summed E-state index contributed by atoms with van der Waals surface area (Å²) >= 11 is 0. The second-order valence-corrected chi connectivity index (χ2v) is 5.67. The highest BCUT2D eigenvalue weighted by Gasteiger charge is 2.19. The number of esters is 1. The van der Waals surface area contributed by atoms with E-state index in [9.17, 15) is 4.79 Å². The number of nitrogens with zero attached hydrogens (tertiary/aromatic N) is 3. The summed E-state index contributed by atoms with van der Waals surface area (Å²) in [5.41, 5.74) is 3.44. The molecule has 0 amide bonds. The van der Waals surface area contributed by atoms with E-state index in [4.69, 9.17) is 9.26 Å². The molecule has 1 N–H and O–H groups in total. The van der Waals surface area contributed by atoms with Crippen molar-refractivity contribution in [3.63, 3.8) is 0 Å². The quantitative estimate of drug-likeness (QED) is 0.690. The minimum atomic E-state index is -0.583. The summed E-state index contributed by atoms with van der Waals surface area (Å²) in [5.74, 6) is -0.0929. The van der Waals surface area contributed by atoms with Gasteiger partial charge in [-0.2, -0.15) is 4.98 Å². The maximum atomic E-state index is 12.0. The first kappa shape index (κ1) is 16.9. The molecule has 2 aromatic heterocycles. The number of benzene rings is 1. The monoisotopic (exact) mass is 340 g/mol. The normalized spacial score (nSPS) is 10.8. The molecule has 0 aliphatic carbocycles. The molecule has 0 saturated carbocycles. The van der Waals surface area contributed by atoms with Gasteiger partial charge in [-0.05, 0) is 38.3 Å². The Morgan fingerprint density at radius 2 is 2.04 bits per heavy atom. The number of nitrogens with one attached hydrogen (secondary N) is 1. The SMILES string of the molecule is CCOC(=O)c1nc(NCCc2ccccc2C)c2c(C)noc2n1. The number of carbonyl (C=O) groups excluding carboxylic acids is 1. The first-order valence-electron chi connectivity index (χ1n) is 8.19. The van der Waals surface area contributed by atoms with Gasteiger partial charge in [0.1, 0.15) is 11.2 Å². The molecule has 7 nitrogen and oxygen atoms in total. The van der Waals surface area contributed by atoms with Crippen LogP contribution < -0.4 is 5.32 Å². The molecule has 1 aromatic carbocycles. The third-order valence-corrected chi connectivity index (χ3v) is 3.91. The zero-order chi connectivity index (χ0) is 17.8. The molecule has 0 unspecified atom stereocenters. The summed E-state index contributed by atoms with van der Waals surface area (Å²) in [7, 11) is 0. The lowest BCUT2D eigenvalue weighted by Gasteiger charge is -2.09. The number of fused-ring (bicyclic) bond motifs is 1. The Bertz CT molecular complexity index is 904. The lowest BCUT2D eigenvalue weighted by atomic mass is 10.1. The molecule has 0 atom stereocenters. The Balaban J connectivity index is 1.85. The fourth-order valence-electron chi connectivity index (χ4n) is 2.61. The van der Waals surface area contributed by atoms with Gasteiger partial charge in [-0.3, -0.25) is 0 Å². The van der Waals surface area contributed by atoms with Crippen LogP contribution in [0.3, 0.4) is 0 Å². The van der Waals surface area contributed by atoms with Gasteiger partial charge in [0.25, 0.3) is 5.71 Å². The zero-order valence-electron chi connectivity index (χ0n) is 14.5. The molecule has 0 radical (unpaired) electrons. The van der Waals surface area contributed by atoms with E-state index >= 15 is 0 Å². The van der Waals surface area contributed by atoms with E-state index in [1.165, 1.54) is 11.1 Å². The topological polar surface area (TPSA) is 90.1 Å². The smallest absolute Gasteiger partial charge is 0.376 e. The average Bonchev–Trinajstić information content (AvgIpc) is 2.98. The van der Waals surface area contributed by atoms with E-state index < -0.39 is 5.97 Å². The number of hydrogen-bond acceptors (Lipinski definition) is 7. The number of carbonyl (C=O) groups is 1. The summed E-state index contributed by atoms with van der Waals surface area (Å²) in [6, 6.07) is 8.23. The van der Waals surface area contributed by atoms with Crippen LogP contribution in [0.2, 0.25) is 0 Å². The predicted molar refractivity (Wildman–Crippen MR) is 93.7 cm³/mol. The van der Waals surface area contributed by atoms with Gasteiger partial charge in [0.15, 0.2) is 0 Å². The van der Waals surface area contributed by atoms with Crippen LogP contribution in [0.4, 0.5) is 5.82 Å². The molecule has 3 rings (SSSR count). The highest BCUT2D eigenvalue weighted by atomic mass is 16.5. The third kappa shape index (κ3) is 3.60. The van der Waals surface area contributed by atoms with Crippen molar-refractivity contribution >= 4 is 22.9 Å². The van der Waals surface area contributed by atoms with Crippen molar-refractivity contribution in [2.75, 3.05) is 18.5 Å². The van der Waals surface area contributed by atoms with E-state index in [1.54, 1.807) is 6.92 Å². The molecule has 0 spiro atoms. The molecule has 25 heavy (non-hydrogen) atoms. The maximum absolute atomic E-state index is 12.0. The van der Waals surface area contributed by atoms with Crippen molar-refractivity contribution in [1.29, 1.82) is 0 Å².